The standard InChI is InChI=1S/C11H28N2O/c1-11(10-13(5,6)7)14-9-8-12(2,3)4/h11H,8-10H2,1-7H3/q+2. The summed E-state index contributed by atoms with van der Waals surface area (Å²) in [5, 5.41) is 0. The molecule has 0 aromatic rings. The van der Waals surface area contributed by atoms with Crippen molar-refractivity contribution < 1.29 is 13.7 Å². The van der Waals surface area contributed by atoms with Gasteiger partial charge in [0, 0.05) is 0 Å². The van der Waals surface area contributed by atoms with Crippen molar-refractivity contribution >= 4 is 0 Å². The van der Waals surface area contributed by atoms with E-state index in [0.29, 0.717) is 6.10 Å². The van der Waals surface area contributed by atoms with E-state index in [4.69, 9.17) is 4.74 Å². The topological polar surface area (TPSA) is 9.23 Å². The summed E-state index contributed by atoms with van der Waals surface area (Å²) >= 11 is 0. The summed E-state index contributed by atoms with van der Waals surface area (Å²) in [6.45, 7) is 5.14. The van der Waals surface area contributed by atoms with E-state index in [9.17, 15) is 0 Å². The summed E-state index contributed by atoms with van der Waals surface area (Å²) in [7, 11) is 13.1. The van der Waals surface area contributed by atoms with Crippen LogP contribution in [0.15, 0.2) is 0 Å². The Hall–Kier alpha value is -0.120. The van der Waals surface area contributed by atoms with Gasteiger partial charge in [-0.2, -0.15) is 0 Å². The first-order chi connectivity index (χ1) is 6.10. The maximum atomic E-state index is 5.76. The minimum Gasteiger partial charge on any atom is -0.367 e. The average Bonchev–Trinajstić information content (AvgIpc) is 1.78. The Morgan fingerprint density at radius 3 is 1.79 bits per heavy atom. The fourth-order valence-electron chi connectivity index (χ4n) is 1.35. The highest BCUT2D eigenvalue weighted by Gasteiger charge is 2.15. The van der Waals surface area contributed by atoms with E-state index in [2.05, 4.69) is 49.2 Å². The molecule has 0 saturated heterocycles. The predicted octanol–water partition coefficient (Wildman–Crippen LogP) is 0.804. The first-order valence-electron chi connectivity index (χ1n) is 5.33. The lowest BCUT2D eigenvalue weighted by atomic mass is 10.3. The monoisotopic (exact) mass is 204 g/mol. The molecule has 3 heteroatoms. The Labute approximate surface area is 89.4 Å². The lowest BCUT2D eigenvalue weighted by Gasteiger charge is -2.28. The maximum absolute atomic E-state index is 5.76. The first kappa shape index (κ1) is 13.9. The van der Waals surface area contributed by atoms with Gasteiger partial charge in [0.1, 0.15) is 19.2 Å². The molecule has 0 aliphatic carbocycles. The van der Waals surface area contributed by atoms with E-state index in [0.717, 1.165) is 28.7 Å². The van der Waals surface area contributed by atoms with Crippen molar-refractivity contribution in [3.05, 3.63) is 0 Å². The molecule has 0 saturated carbocycles. The molecule has 1 atom stereocenters. The van der Waals surface area contributed by atoms with Crippen LogP contribution in [0.1, 0.15) is 6.92 Å². The molecule has 0 bridgehead atoms. The number of ether oxygens (including phenoxy) is 1. The van der Waals surface area contributed by atoms with Gasteiger partial charge in [-0.1, -0.05) is 0 Å². The third kappa shape index (κ3) is 9.96. The molecule has 0 heterocycles. The van der Waals surface area contributed by atoms with Gasteiger partial charge >= 0.3 is 0 Å². The van der Waals surface area contributed by atoms with E-state index in [1.807, 2.05) is 0 Å². The van der Waals surface area contributed by atoms with Gasteiger partial charge in [0.2, 0.25) is 0 Å². The quantitative estimate of drug-likeness (QED) is 0.582. The molecule has 0 rings (SSSR count). The molecular formula is C11H28N2O+2. The summed E-state index contributed by atoms with van der Waals surface area (Å²) in [6.07, 6.45) is 0.349. The van der Waals surface area contributed by atoms with Gasteiger partial charge in [-0.05, 0) is 6.92 Å². The van der Waals surface area contributed by atoms with Crippen molar-refractivity contribution in [2.75, 3.05) is 62.0 Å². The molecule has 86 valence electrons. The molecule has 1 unspecified atom stereocenters. The normalized spacial score (nSPS) is 15.6. The van der Waals surface area contributed by atoms with E-state index >= 15 is 0 Å². The highest BCUT2D eigenvalue weighted by molar-refractivity contribution is 4.46. The minimum absolute atomic E-state index is 0.349. The van der Waals surface area contributed by atoms with Gasteiger partial charge in [0.15, 0.2) is 0 Å². The van der Waals surface area contributed by atoms with E-state index in [1.54, 1.807) is 0 Å². The van der Waals surface area contributed by atoms with Crippen molar-refractivity contribution in [2.45, 2.75) is 13.0 Å². The average molecular weight is 204 g/mol. The van der Waals surface area contributed by atoms with Gasteiger partial charge in [0.05, 0.1) is 48.9 Å². The molecule has 0 amide bonds. The summed E-state index contributed by atoms with van der Waals surface area (Å²) in [5.41, 5.74) is 0. The van der Waals surface area contributed by atoms with Crippen LogP contribution in [-0.4, -0.2) is 77.1 Å². The Morgan fingerprint density at radius 1 is 0.929 bits per heavy atom. The zero-order valence-corrected chi connectivity index (χ0v) is 11.0. The lowest BCUT2D eigenvalue weighted by Crippen LogP contribution is -2.43. The molecule has 0 aromatic carbocycles. The maximum Gasteiger partial charge on any atom is 0.104 e. The van der Waals surface area contributed by atoms with Crippen molar-refractivity contribution in [1.82, 2.24) is 0 Å². The highest BCUT2D eigenvalue weighted by atomic mass is 16.5. The van der Waals surface area contributed by atoms with Crippen molar-refractivity contribution in [1.29, 1.82) is 0 Å². The van der Waals surface area contributed by atoms with Crippen LogP contribution in [-0.2, 0) is 4.74 Å². The van der Waals surface area contributed by atoms with E-state index < -0.39 is 0 Å². The molecule has 0 radical (unpaired) electrons. The van der Waals surface area contributed by atoms with Gasteiger partial charge in [-0.15, -0.1) is 0 Å². The Morgan fingerprint density at radius 2 is 1.43 bits per heavy atom. The fourth-order valence-corrected chi connectivity index (χ4v) is 1.35. The van der Waals surface area contributed by atoms with Gasteiger partial charge in [0.25, 0.3) is 0 Å². The van der Waals surface area contributed by atoms with Crippen LogP contribution < -0.4 is 0 Å². The molecule has 14 heavy (non-hydrogen) atoms. The molecule has 0 spiro atoms. The van der Waals surface area contributed by atoms with Crippen LogP contribution in [0.5, 0.6) is 0 Å². The van der Waals surface area contributed by atoms with Crippen molar-refractivity contribution in [3.63, 3.8) is 0 Å². The van der Waals surface area contributed by atoms with Crippen LogP contribution in [0.2, 0.25) is 0 Å². The van der Waals surface area contributed by atoms with E-state index in [-0.39, 0.29) is 0 Å². The van der Waals surface area contributed by atoms with Crippen LogP contribution in [0, 0.1) is 0 Å². The number of hydrogen-bond donors (Lipinski definition) is 0. The second-order valence-electron chi connectivity index (χ2n) is 6.17. The van der Waals surface area contributed by atoms with Crippen molar-refractivity contribution in [3.8, 4) is 0 Å². The number of likely N-dealkylation sites (N-methyl/N-ethyl adjacent to an activating group) is 2. The summed E-state index contributed by atoms with van der Waals surface area (Å²) in [5.74, 6) is 0. The number of quaternary nitrogens is 2. The Bertz CT molecular complexity index is 156. The van der Waals surface area contributed by atoms with Gasteiger partial charge < -0.3 is 13.7 Å². The number of hydrogen-bond acceptors (Lipinski definition) is 1. The molecule has 3 nitrogen and oxygen atoms in total. The summed E-state index contributed by atoms with van der Waals surface area (Å²) < 4.78 is 7.70. The molecule has 0 N–H and O–H groups in total. The van der Waals surface area contributed by atoms with E-state index in [1.165, 1.54) is 0 Å². The number of rotatable bonds is 6. The molecule has 0 aliphatic rings. The van der Waals surface area contributed by atoms with Crippen LogP contribution in [0.4, 0.5) is 0 Å². The molecule has 0 aliphatic heterocycles. The zero-order chi connectivity index (χ0) is 11.4. The Kier molecular flexibility index (Phi) is 5.06. The SMILES string of the molecule is CC(C[N+](C)(C)C)OCC[N+](C)(C)C. The second-order valence-corrected chi connectivity index (χ2v) is 6.17. The predicted molar refractivity (Wildman–Crippen MR) is 61.2 cm³/mol. The highest BCUT2D eigenvalue weighted by Crippen LogP contribution is 1.99. The van der Waals surface area contributed by atoms with Crippen LogP contribution in [0.3, 0.4) is 0 Å². The molecule has 0 aromatic heterocycles. The lowest BCUT2D eigenvalue weighted by molar-refractivity contribution is -0.876. The third-order valence-corrected chi connectivity index (χ3v) is 1.97. The largest absolute Gasteiger partial charge is 0.367 e. The zero-order valence-electron chi connectivity index (χ0n) is 11.0. The van der Waals surface area contributed by atoms with Gasteiger partial charge in [-0.3, -0.25) is 0 Å². The molecule has 0 fully saturated rings. The smallest absolute Gasteiger partial charge is 0.104 e. The van der Waals surface area contributed by atoms with Crippen LogP contribution >= 0.6 is 0 Å². The molecular weight excluding hydrogens is 176 g/mol. The summed E-state index contributed by atoms with van der Waals surface area (Å²) in [4.78, 5) is 0. The minimum atomic E-state index is 0.349. The van der Waals surface area contributed by atoms with Crippen molar-refractivity contribution in [2.24, 2.45) is 0 Å². The number of nitrogens with zero attached hydrogens (tertiary/aromatic N) is 2. The van der Waals surface area contributed by atoms with Crippen LogP contribution in [0.25, 0.3) is 0 Å². The Balaban J connectivity index is 3.60. The third-order valence-electron chi connectivity index (χ3n) is 1.97. The first-order valence-corrected chi connectivity index (χ1v) is 5.33. The second kappa shape index (κ2) is 5.10. The summed E-state index contributed by atoms with van der Waals surface area (Å²) in [6, 6.07) is 0. The fraction of sp³-hybridized carbons (Fsp3) is 1.00. The van der Waals surface area contributed by atoms with Gasteiger partial charge in [-0.25, -0.2) is 0 Å².